The maximum atomic E-state index is 11.0. The zero-order valence-electron chi connectivity index (χ0n) is 11.7. The van der Waals surface area contributed by atoms with Crippen LogP contribution in [0, 0.1) is 10.1 Å². The number of nitrogens with zero attached hydrogens (tertiary/aromatic N) is 2. The Labute approximate surface area is 124 Å². The van der Waals surface area contributed by atoms with E-state index < -0.39 is 16.6 Å². The molecule has 0 amide bonds. The molecule has 22 heavy (non-hydrogen) atoms. The maximum absolute atomic E-state index is 11.0. The number of nitro groups is 1. The van der Waals surface area contributed by atoms with Crippen molar-refractivity contribution in [1.29, 1.82) is 0 Å². The largest absolute Gasteiger partial charge is 0.492 e. The van der Waals surface area contributed by atoms with Crippen LogP contribution in [0.5, 0.6) is 0 Å². The molecule has 0 bridgehead atoms. The Bertz CT molecular complexity index is 675. The summed E-state index contributed by atoms with van der Waals surface area (Å²) in [4.78, 5) is 35.6. The van der Waals surface area contributed by atoms with E-state index in [1.807, 2.05) is 0 Å². The Morgan fingerprint density at radius 1 is 1.59 bits per heavy atom. The van der Waals surface area contributed by atoms with Crippen LogP contribution >= 0.6 is 0 Å². The van der Waals surface area contributed by atoms with Crippen molar-refractivity contribution in [3.8, 4) is 0 Å². The number of methoxy groups -OCH3 is 1. The number of rotatable bonds is 7. The van der Waals surface area contributed by atoms with Gasteiger partial charge in [-0.1, -0.05) is 0 Å². The first-order valence-corrected chi connectivity index (χ1v) is 5.96. The molecular formula is C13H12N2O7. The highest BCUT2D eigenvalue weighted by Gasteiger charge is 2.19. The second-order valence-corrected chi connectivity index (χ2v) is 3.77. The molecule has 0 saturated carbocycles. The molecule has 116 valence electrons. The third-order valence-corrected chi connectivity index (χ3v) is 2.43. The van der Waals surface area contributed by atoms with Crippen LogP contribution in [-0.2, 0) is 14.3 Å². The van der Waals surface area contributed by atoms with Crippen LogP contribution in [0.25, 0.3) is 6.08 Å². The standard InChI is InChI=1S/C13H12N2O7/c1-3-22-12(7-16)11(21-2)5-9-10(15(19)20)4-8(6-14-9)13(17)18/h4-6H,3H2,1-2H3,(H,17,18)/b11-5+. The number of hydrogen-bond donors (Lipinski definition) is 1. The van der Waals surface area contributed by atoms with Gasteiger partial charge in [0.2, 0.25) is 5.76 Å². The molecule has 9 nitrogen and oxygen atoms in total. The molecular weight excluding hydrogens is 296 g/mol. The lowest BCUT2D eigenvalue weighted by Gasteiger charge is -2.08. The number of aromatic carboxylic acids is 1. The minimum absolute atomic E-state index is 0.115. The maximum Gasteiger partial charge on any atom is 0.337 e. The van der Waals surface area contributed by atoms with Crippen LogP contribution in [0.4, 0.5) is 5.69 Å². The van der Waals surface area contributed by atoms with Gasteiger partial charge in [0.1, 0.15) is 5.69 Å². The van der Waals surface area contributed by atoms with Crippen LogP contribution in [-0.4, -0.2) is 40.6 Å². The number of carbonyl (C=O) groups is 1. The summed E-state index contributed by atoms with van der Waals surface area (Å²) in [7, 11) is 1.24. The molecule has 0 aliphatic rings. The first-order valence-electron chi connectivity index (χ1n) is 5.96. The number of carboxylic acid groups (broad SMARTS) is 1. The summed E-state index contributed by atoms with van der Waals surface area (Å²) >= 11 is 0. The molecule has 1 aromatic heterocycles. The second-order valence-electron chi connectivity index (χ2n) is 3.77. The van der Waals surface area contributed by atoms with Crippen molar-refractivity contribution in [1.82, 2.24) is 4.98 Å². The van der Waals surface area contributed by atoms with Crippen LogP contribution in [0.1, 0.15) is 23.0 Å². The lowest BCUT2D eigenvalue weighted by atomic mass is 10.2. The summed E-state index contributed by atoms with van der Waals surface area (Å²) < 4.78 is 9.92. The van der Waals surface area contributed by atoms with Crippen molar-refractivity contribution >= 4 is 23.7 Å². The summed E-state index contributed by atoms with van der Waals surface area (Å²) in [5.41, 5.74) is -1.06. The Kier molecular flexibility index (Phi) is 5.79. The molecule has 1 rings (SSSR count). The molecule has 1 heterocycles. The van der Waals surface area contributed by atoms with Crippen molar-refractivity contribution in [3.05, 3.63) is 45.2 Å². The lowest BCUT2D eigenvalue weighted by Crippen LogP contribution is -2.04. The van der Waals surface area contributed by atoms with Gasteiger partial charge in [-0.05, 0) is 6.92 Å². The SMILES string of the molecule is CCOC(=C=O)/C(=C\c1ncc(C(=O)O)cc1[N+](=O)[O-])OC. The summed E-state index contributed by atoms with van der Waals surface area (Å²) in [5.74, 6) is -0.224. The topological polar surface area (TPSA) is 129 Å². The van der Waals surface area contributed by atoms with Crippen molar-refractivity contribution in [2.75, 3.05) is 13.7 Å². The third kappa shape index (κ3) is 3.90. The van der Waals surface area contributed by atoms with Crippen molar-refractivity contribution in [2.24, 2.45) is 0 Å². The molecule has 0 spiro atoms. The van der Waals surface area contributed by atoms with E-state index in [0.717, 1.165) is 18.3 Å². The van der Waals surface area contributed by atoms with Gasteiger partial charge in [0.25, 0.3) is 5.69 Å². The number of hydrogen-bond acceptors (Lipinski definition) is 7. The van der Waals surface area contributed by atoms with E-state index in [-0.39, 0.29) is 29.4 Å². The quantitative estimate of drug-likeness (QED) is 0.263. The number of carbonyl (C=O) groups excluding carboxylic acids is 1. The first-order chi connectivity index (χ1) is 10.4. The molecule has 0 radical (unpaired) electrons. The smallest absolute Gasteiger partial charge is 0.337 e. The van der Waals surface area contributed by atoms with Crippen LogP contribution in [0.3, 0.4) is 0 Å². The fraction of sp³-hybridized carbons (Fsp3) is 0.231. The zero-order valence-corrected chi connectivity index (χ0v) is 11.7. The van der Waals surface area contributed by atoms with E-state index in [2.05, 4.69) is 4.98 Å². The molecule has 0 atom stereocenters. The van der Waals surface area contributed by atoms with Gasteiger partial charge in [0, 0.05) is 18.3 Å². The van der Waals surface area contributed by atoms with E-state index in [1.165, 1.54) is 13.1 Å². The molecule has 0 aliphatic carbocycles. The van der Waals surface area contributed by atoms with Gasteiger partial charge >= 0.3 is 5.97 Å². The van der Waals surface area contributed by atoms with Crippen LogP contribution in [0.15, 0.2) is 23.8 Å². The predicted octanol–water partition coefficient (Wildman–Crippen LogP) is 1.43. The Balaban J connectivity index is 3.41. The molecule has 1 N–H and O–H groups in total. The second kappa shape index (κ2) is 7.55. The van der Waals surface area contributed by atoms with Gasteiger partial charge in [-0.15, -0.1) is 0 Å². The van der Waals surface area contributed by atoms with Crippen LogP contribution < -0.4 is 0 Å². The van der Waals surface area contributed by atoms with E-state index >= 15 is 0 Å². The highest BCUT2D eigenvalue weighted by atomic mass is 16.6. The van der Waals surface area contributed by atoms with Crippen molar-refractivity contribution < 1.29 is 29.1 Å². The summed E-state index contributed by atoms with van der Waals surface area (Å²) in [6, 6.07) is 0.861. The molecule has 0 aliphatic heterocycles. The van der Waals surface area contributed by atoms with Gasteiger partial charge in [-0.3, -0.25) is 10.1 Å². The van der Waals surface area contributed by atoms with Crippen LogP contribution in [0.2, 0.25) is 0 Å². The first kappa shape index (κ1) is 16.9. The average molecular weight is 308 g/mol. The van der Waals surface area contributed by atoms with E-state index in [4.69, 9.17) is 14.6 Å². The minimum Gasteiger partial charge on any atom is -0.492 e. The highest BCUT2D eigenvalue weighted by molar-refractivity contribution is 5.88. The molecule has 0 fully saturated rings. The molecule has 0 unspecified atom stereocenters. The van der Waals surface area contributed by atoms with Gasteiger partial charge < -0.3 is 14.6 Å². The Morgan fingerprint density at radius 2 is 2.27 bits per heavy atom. The average Bonchev–Trinajstić information content (AvgIpc) is 2.50. The molecule has 1 aromatic rings. The number of ether oxygens (including phenoxy) is 2. The van der Waals surface area contributed by atoms with Crippen molar-refractivity contribution in [2.45, 2.75) is 6.92 Å². The number of carboxylic acids is 1. The Morgan fingerprint density at radius 3 is 2.73 bits per heavy atom. The van der Waals surface area contributed by atoms with Gasteiger partial charge in [0.15, 0.2) is 11.7 Å². The van der Waals surface area contributed by atoms with Gasteiger partial charge in [-0.25, -0.2) is 14.6 Å². The molecule has 9 heteroatoms. The summed E-state index contributed by atoms with van der Waals surface area (Å²) in [6.07, 6.45) is 2.05. The third-order valence-electron chi connectivity index (χ3n) is 2.43. The fourth-order valence-corrected chi connectivity index (χ4v) is 1.47. The lowest BCUT2D eigenvalue weighted by molar-refractivity contribution is -0.385. The van der Waals surface area contributed by atoms with E-state index in [1.54, 1.807) is 6.92 Å². The summed E-state index contributed by atoms with van der Waals surface area (Å²) in [6.45, 7) is 1.80. The Hall–Kier alpha value is -3.19. The predicted molar refractivity (Wildman–Crippen MR) is 73.7 cm³/mol. The molecule has 0 aromatic carbocycles. The number of pyridine rings is 1. The van der Waals surface area contributed by atoms with E-state index in [9.17, 15) is 19.7 Å². The van der Waals surface area contributed by atoms with Gasteiger partial charge in [-0.2, -0.15) is 0 Å². The van der Waals surface area contributed by atoms with Crippen molar-refractivity contribution in [3.63, 3.8) is 0 Å². The number of aromatic nitrogens is 1. The molecule has 0 saturated heterocycles. The van der Waals surface area contributed by atoms with E-state index in [0.29, 0.717) is 0 Å². The zero-order chi connectivity index (χ0) is 16.7. The van der Waals surface area contributed by atoms with Gasteiger partial charge in [0.05, 0.1) is 24.2 Å². The minimum atomic E-state index is -1.35. The normalized spacial score (nSPS) is 10.5. The fourth-order valence-electron chi connectivity index (χ4n) is 1.47. The monoisotopic (exact) mass is 308 g/mol. The summed E-state index contributed by atoms with van der Waals surface area (Å²) in [5, 5.41) is 19.8. The highest BCUT2D eigenvalue weighted by Crippen LogP contribution is 2.22.